The van der Waals surface area contributed by atoms with Gasteiger partial charge in [-0.15, -0.1) is 0 Å². The molecule has 0 saturated heterocycles. The first-order valence-corrected chi connectivity index (χ1v) is 6.67. The number of unbranched alkanes of at least 4 members (excludes halogenated alkanes) is 2. The van der Waals surface area contributed by atoms with Gasteiger partial charge in [-0.1, -0.05) is 33.6 Å². The minimum absolute atomic E-state index is 0.0296. The van der Waals surface area contributed by atoms with Gasteiger partial charge in [0.25, 0.3) is 0 Å². The minimum atomic E-state index is -0.553. The highest BCUT2D eigenvalue weighted by Crippen LogP contribution is 1.98. The molecule has 0 fully saturated rings. The van der Waals surface area contributed by atoms with Crippen LogP contribution in [0.4, 0.5) is 0 Å². The first kappa shape index (κ1) is 16.9. The number of nitrogens with zero attached hydrogens (tertiary/aromatic N) is 1. The van der Waals surface area contributed by atoms with Crippen molar-refractivity contribution in [3.05, 3.63) is 0 Å². The van der Waals surface area contributed by atoms with Crippen molar-refractivity contribution < 1.29 is 9.59 Å². The standard InChI is InChI=1S/C13H27N3O2/c1-5-6-7-8-16(4)11(17)9-15-13(18)12(14)10(2)3/h10,12H,5-9,14H2,1-4H3,(H,15,18)/t12-/m0/s1. The lowest BCUT2D eigenvalue weighted by atomic mass is 10.1. The largest absolute Gasteiger partial charge is 0.346 e. The van der Waals surface area contributed by atoms with Gasteiger partial charge in [0.15, 0.2) is 0 Å². The van der Waals surface area contributed by atoms with Crippen LogP contribution in [-0.4, -0.2) is 42.9 Å². The molecule has 0 heterocycles. The van der Waals surface area contributed by atoms with E-state index in [-0.39, 0.29) is 24.3 Å². The molecule has 0 aromatic rings. The van der Waals surface area contributed by atoms with Crippen LogP contribution in [0.2, 0.25) is 0 Å². The molecule has 3 N–H and O–H groups in total. The molecule has 0 aliphatic carbocycles. The molecular weight excluding hydrogens is 230 g/mol. The van der Waals surface area contributed by atoms with Crippen molar-refractivity contribution in [1.82, 2.24) is 10.2 Å². The molecule has 0 saturated carbocycles. The number of carbonyl (C=O) groups is 2. The molecule has 1 atom stereocenters. The zero-order chi connectivity index (χ0) is 14.1. The van der Waals surface area contributed by atoms with Gasteiger partial charge in [0.2, 0.25) is 11.8 Å². The molecule has 0 aliphatic rings. The molecule has 0 aromatic carbocycles. The second-order valence-electron chi connectivity index (χ2n) is 5.01. The van der Waals surface area contributed by atoms with Gasteiger partial charge >= 0.3 is 0 Å². The second kappa shape index (κ2) is 8.91. The Bertz CT molecular complexity index is 267. The SMILES string of the molecule is CCCCCN(C)C(=O)CNC(=O)[C@@H](N)C(C)C. The van der Waals surface area contributed by atoms with Crippen LogP contribution in [0, 0.1) is 5.92 Å². The number of hydrogen-bond acceptors (Lipinski definition) is 3. The Labute approximate surface area is 110 Å². The van der Waals surface area contributed by atoms with Gasteiger partial charge in [-0.3, -0.25) is 9.59 Å². The Balaban J connectivity index is 3.91. The number of carbonyl (C=O) groups excluding carboxylic acids is 2. The molecule has 106 valence electrons. The maximum Gasteiger partial charge on any atom is 0.241 e. The summed E-state index contributed by atoms with van der Waals surface area (Å²) in [6, 6.07) is -0.553. The van der Waals surface area contributed by atoms with Crippen molar-refractivity contribution in [2.75, 3.05) is 20.1 Å². The quantitative estimate of drug-likeness (QED) is 0.630. The fourth-order valence-corrected chi connectivity index (χ4v) is 1.44. The molecule has 5 heteroatoms. The normalized spacial score (nSPS) is 12.3. The van der Waals surface area contributed by atoms with Gasteiger partial charge in [0, 0.05) is 13.6 Å². The summed E-state index contributed by atoms with van der Waals surface area (Å²) in [7, 11) is 1.76. The van der Waals surface area contributed by atoms with Gasteiger partial charge in [0.05, 0.1) is 12.6 Å². The zero-order valence-electron chi connectivity index (χ0n) is 12.0. The van der Waals surface area contributed by atoms with Gasteiger partial charge in [-0.25, -0.2) is 0 Å². The first-order valence-electron chi connectivity index (χ1n) is 6.67. The average Bonchev–Trinajstić information content (AvgIpc) is 2.34. The van der Waals surface area contributed by atoms with Crippen molar-refractivity contribution >= 4 is 11.8 Å². The van der Waals surface area contributed by atoms with Gasteiger partial charge in [-0.05, 0) is 12.3 Å². The number of nitrogens with two attached hydrogens (primary N) is 1. The predicted octanol–water partition coefficient (Wildman–Crippen LogP) is 0.735. The summed E-state index contributed by atoms with van der Waals surface area (Å²) in [4.78, 5) is 24.9. The fraction of sp³-hybridized carbons (Fsp3) is 0.846. The highest BCUT2D eigenvalue weighted by atomic mass is 16.2. The number of hydrogen-bond donors (Lipinski definition) is 2. The number of amides is 2. The molecule has 0 unspecified atom stereocenters. The third kappa shape index (κ3) is 6.59. The van der Waals surface area contributed by atoms with Crippen LogP contribution in [0.15, 0.2) is 0 Å². The fourth-order valence-electron chi connectivity index (χ4n) is 1.44. The van der Waals surface area contributed by atoms with Crippen molar-refractivity contribution in [2.24, 2.45) is 11.7 Å². The monoisotopic (exact) mass is 257 g/mol. The van der Waals surface area contributed by atoms with E-state index in [1.807, 2.05) is 13.8 Å². The maximum absolute atomic E-state index is 11.7. The van der Waals surface area contributed by atoms with E-state index < -0.39 is 6.04 Å². The summed E-state index contributed by atoms with van der Waals surface area (Å²) in [5, 5.41) is 2.58. The van der Waals surface area contributed by atoms with Gasteiger partial charge in [-0.2, -0.15) is 0 Å². The molecule has 0 rings (SSSR count). The Hall–Kier alpha value is -1.10. The molecule has 0 aromatic heterocycles. The summed E-state index contributed by atoms with van der Waals surface area (Å²) < 4.78 is 0. The van der Waals surface area contributed by atoms with E-state index in [1.54, 1.807) is 11.9 Å². The first-order chi connectivity index (χ1) is 8.40. The lowest BCUT2D eigenvalue weighted by Crippen LogP contribution is -2.47. The molecule has 0 spiro atoms. The van der Waals surface area contributed by atoms with Crippen LogP contribution in [0.1, 0.15) is 40.0 Å². The Kier molecular flexibility index (Phi) is 8.37. The molecule has 2 amide bonds. The summed E-state index contributed by atoms with van der Waals surface area (Å²) in [5.74, 6) is -0.266. The highest BCUT2D eigenvalue weighted by molar-refractivity contribution is 5.87. The van der Waals surface area contributed by atoms with E-state index in [9.17, 15) is 9.59 Å². The number of nitrogens with one attached hydrogen (secondary N) is 1. The Morgan fingerprint density at radius 1 is 1.28 bits per heavy atom. The van der Waals surface area contributed by atoms with Crippen LogP contribution >= 0.6 is 0 Å². The lowest BCUT2D eigenvalue weighted by molar-refractivity contribution is -0.132. The average molecular weight is 257 g/mol. The van der Waals surface area contributed by atoms with Crippen LogP contribution in [0.25, 0.3) is 0 Å². The Morgan fingerprint density at radius 2 is 1.89 bits per heavy atom. The van der Waals surface area contributed by atoms with Crippen LogP contribution in [0.5, 0.6) is 0 Å². The van der Waals surface area contributed by atoms with Crippen molar-refractivity contribution in [3.63, 3.8) is 0 Å². The molecule has 0 aliphatic heterocycles. The van der Waals surface area contributed by atoms with Crippen molar-refractivity contribution in [3.8, 4) is 0 Å². The third-order valence-corrected chi connectivity index (χ3v) is 2.96. The van der Waals surface area contributed by atoms with E-state index in [0.29, 0.717) is 0 Å². The smallest absolute Gasteiger partial charge is 0.241 e. The predicted molar refractivity (Wildman–Crippen MR) is 73.0 cm³/mol. The van der Waals surface area contributed by atoms with Crippen molar-refractivity contribution in [2.45, 2.75) is 46.1 Å². The van der Waals surface area contributed by atoms with Crippen LogP contribution in [0.3, 0.4) is 0 Å². The van der Waals surface area contributed by atoms with Gasteiger partial charge in [0.1, 0.15) is 0 Å². The highest BCUT2D eigenvalue weighted by Gasteiger charge is 2.18. The molecule has 0 bridgehead atoms. The summed E-state index contributed by atoms with van der Waals surface area (Å²) in [6.45, 7) is 6.64. The van der Waals surface area contributed by atoms with Crippen LogP contribution < -0.4 is 11.1 Å². The van der Waals surface area contributed by atoms with E-state index in [4.69, 9.17) is 5.73 Å². The van der Waals surface area contributed by atoms with E-state index >= 15 is 0 Å². The summed E-state index contributed by atoms with van der Waals surface area (Å²) in [5.41, 5.74) is 5.68. The third-order valence-electron chi connectivity index (χ3n) is 2.96. The molecule has 0 radical (unpaired) electrons. The minimum Gasteiger partial charge on any atom is -0.346 e. The molecule has 18 heavy (non-hydrogen) atoms. The molecule has 5 nitrogen and oxygen atoms in total. The van der Waals surface area contributed by atoms with Crippen LogP contribution in [-0.2, 0) is 9.59 Å². The van der Waals surface area contributed by atoms with E-state index in [2.05, 4.69) is 12.2 Å². The number of rotatable bonds is 8. The molecular formula is C13H27N3O2. The Morgan fingerprint density at radius 3 is 2.39 bits per heavy atom. The van der Waals surface area contributed by atoms with E-state index in [1.165, 1.54) is 0 Å². The zero-order valence-corrected chi connectivity index (χ0v) is 12.0. The second-order valence-corrected chi connectivity index (χ2v) is 5.01. The topological polar surface area (TPSA) is 75.4 Å². The number of likely N-dealkylation sites (N-methyl/N-ethyl adjacent to an activating group) is 1. The maximum atomic E-state index is 11.7. The lowest BCUT2D eigenvalue weighted by Gasteiger charge is -2.19. The van der Waals surface area contributed by atoms with Gasteiger partial charge < -0.3 is 16.0 Å². The van der Waals surface area contributed by atoms with Crippen molar-refractivity contribution in [1.29, 1.82) is 0 Å². The summed E-state index contributed by atoms with van der Waals surface area (Å²) >= 11 is 0. The summed E-state index contributed by atoms with van der Waals surface area (Å²) in [6.07, 6.45) is 3.24. The van der Waals surface area contributed by atoms with E-state index in [0.717, 1.165) is 25.8 Å².